The Morgan fingerprint density at radius 3 is 2.35 bits per heavy atom. The van der Waals surface area contributed by atoms with Crippen molar-refractivity contribution in [1.82, 2.24) is 16.2 Å². The molecule has 0 saturated heterocycles. The van der Waals surface area contributed by atoms with Gasteiger partial charge in [-0.25, -0.2) is 0 Å². The second kappa shape index (κ2) is 8.88. The molecule has 1 aliphatic rings. The third kappa shape index (κ3) is 5.84. The Bertz CT molecular complexity index is 535. The molecule has 1 saturated carbocycles. The average Bonchev–Trinajstić information content (AvgIpc) is 2.56. The van der Waals surface area contributed by atoms with Crippen LogP contribution in [0.3, 0.4) is 0 Å². The van der Waals surface area contributed by atoms with E-state index < -0.39 is 0 Å². The van der Waals surface area contributed by atoms with Crippen molar-refractivity contribution < 1.29 is 4.74 Å². The summed E-state index contributed by atoms with van der Waals surface area (Å²) < 4.78 is 5.12. The van der Waals surface area contributed by atoms with Gasteiger partial charge in [-0.3, -0.25) is 10.9 Å². The van der Waals surface area contributed by atoms with Crippen LogP contribution in [0.1, 0.15) is 32.6 Å². The molecule has 0 unspecified atom stereocenters. The average molecular weight is 353 g/mol. The minimum Gasteiger partial charge on any atom is -0.497 e. The van der Waals surface area contributed by atoms with E-state index in [1.54, 1.807) is 7.11 Å². The van der Waals surface area contributed by atoms with Crippen molar-refractivity contribution in [3.8, 4) is 5.75 Å². The van der Waals surface area contributed by atoms with Gasteiger partial charge in [0.05, 0.1) is 7.11 Å². The van der Waals surface area contributed by atoms with Crippen LogP contribution < -0.4 is 26.2 Å². The zero-order chi connectivity index (χ0) is 16.7. The summed E-state index contributed by atoms with van der Waals surface area (Å²) in [6.45, 7) is 2.27. The molecule has 1 aromatic carbocycles. The van der Waals surface area contributed by atoms with Gasteiger partial charge in [-0.2, -0.15) is 0 Å². The predicted molar refractivity (Wildman–Crippen MR) is 103 cm³/mol. The molecule has 0 spiro atoms. The maximum absolute atomic E-state index is 5.31. The fourth-order valence-corrected chi connectivity index (χ4v) is 3.06. The molecular weight excluding hydrogens is 328 g/mol. The third-order valence-corrected chi connectivity index (χ3v) is 4.49. The molecule has 1 fully saturated rings. The maximum atomic E-state index is 5.31. The maximum Gasteiger partial charge on any atom is 0.189 e. The predicted octanol–water partition coefficient (Wildman–Crippen LogP) is 2.94. The van der Waals surface area contributed by atoms with Crippen LogP contribution in [0.5, 0.6) is 5.75 Å². The lowest BCUT2D eigenvalue weighted by molar-refractivity contribution is 0.308. The van der Waals surface area contributed by atoms with Crippen molar-refractivity contribution >= 4 is 40.3 Å². The number of benzene rings is 1. The van der Waals surface area contributed by atoms with E-state index in [2.05, 4.69) is 28.4 Å². The molecule has 2 atom stereocenters. The first-order valence-corrected chi connectivity index (χ1v) is 8.67. The second-order valence-corrected chi connectivity index (χ2v) is 6.59. The Kier molecular flexibility index (Phi) is 6.85. The minimum atomic E-state index is 0.439. The monoisotopic (exact) mass is 352 g/mol. The normalized spacial score (nSPS) is 20.3. The van der Waals surface area contributed by atoms with E-state index >= 15 is 0 Å². The first-order chi connectivity index (χ1) is 11.1. The molecule has 4 N–H and O–H groups in total. The second-order valence-electron chi connectivity index (χ2n) is 5.77. The van der Waals surface area contributed by atoms with Crippen LogP contribution in [0.15, 0.2) is 24.3 Å². The van der Waals surface area contributed by atoms with Crippen LogP contribution in [0.4, 0.5) is 5.69 Å². The smallest absolute Gasteiger partial charge is 0.189 e. The van der Waals surface area contributed by atoms with Gasteiger partial charge in [0.25, 0.3) is 0 Å². The molecular formula is C16H24N4OS2. The topological polar surface area (TPSA) is 57.4 Å². The number of methoxy groups -OCH3 is 1. The van der Waals surface area contributed by atoms with Crippen LogP contribution in [0.25, 0.3) is 0 Å². The van der Waals surface area contributed by atoms with Crippen molar-refractivity contribution in [2.24, 2.45) is 5.92 Å². The summed E-state index contributed by atoms with van der Waals surface area (Å²) in [6, 6.07) is 7.97. The highest BCUT2D eigenvalue weighted by atomic mass is 32.1. The first-order valence-electron chi connectivity index (χ1n) is 7.86. The summed E-state index contributed by atoms with van der Waals surface area (Å²) in [5.41, 5.74) is 6.71. The number of nitrogens with one attached hydrogen (secondary N) is 4. The standard InChI is InChI=1S/C16H24N4OS2/c1-11-5-3-4-6-14(11)18-16(23)20-19-15(22)17-12-7-9-13(21-2)10-8-12/h7-11,14H,3-6H2,1-2H3,(H2,17,19,22)(H2,18,20,23)/t11-,14-/m1/s1. The van der Waals surface area contributed by atoms with E-state index in [4.69, 9.17) is 29.2 Å². The Balaban J connectivity index is 1.71. The van der Waals surface area contributed by atoms with Gasteiger partial charge in [-0.05, 0) is 67.5 Å². The Morgan fingerprint density at radius 1 is 1.04 bits per heavy atom. The highest BCUT2D eigenvalue weighted by Crippen LogP contribution is 2.23. The summed E-state index contributed by atoms with van der Waals surface area (Å²) in [7, 11) is 1.64. The van der Waals surface area contributed by atoms with Crippen LogP contribution in [-0.2, 0) is 0 Å². The van der Waals surface area contributed by atoms with E-state index in [9.17, 15) is 0 Å². The Labute approximate surface area is 148 Å². The number of hydrogen-bond donors (Lipinski definition) is 4. The van der Waals surface area contributed by atoms with Gasteiger partial charge in [0.1, 0.15) is 5.75 Å². The first kappa shape index (κ1) is 17.7. The van der Waals surface area contributed by atoms with Gasteiger partial charge in [0, 0.05) is 11.7 Å². The van der Waals surface area contributed by atoms with Crippen LogP contribution in [0.2, 0.25) is 0 Å². The van der Waals surface area contributed by atoms with Crippen molar-refractivity contribution in [1.29, 1.82) is 0 Å². The molecule has 0 bridgehead atoms. The minimum absolute atomic E-state index is 0.439. The van der Waals surface area contributed by atoms with Gasteiger partial charge < -0.3 is 15.4 Å². The quantitative estimate of drug-likeness (QED) is 0.493. The van der Waals surface area contributed by atoms with Crippen molar-refractivity contribution in [3.63, 3.8) is 0 Å². The zero-order valence-electron chi connectivity index (χ0n) is 13.5. The van der Waals surface area contributed by atoms with E-state index in [0.717, 1.165) is 17.9 Å². The van der Waals surface area contributed by atoms with Gasteiger partial charge >= 0.3 is 0 Å². The molecule has 126 valence electrons. The molecule has 5 nitrogen and oxygen atoms in total. The van der Waals surface area contributed by atoms with Crippen molar-refractivity contribution in [2.75, 3.05) is 12.4 Å². The van der Waals surface area contributed by atoms with Gasteiger partial charge in [-0.1, -0.05) is 19.8 Å². The van der Waals surface area contributed by atoms with E-state index in [0.29, 0.717) is 22.2 Å². The number of hydrogen-bond acceptors (Lipinski definition) is 3. The Hall–Kier alpha value is -1.60. The highest BCUT2D eigenvalue weighted by molar-refractivity contribution is 7.80. The van der Waals surface area contributed by atoms with Crippen molar-refractivity contribution in [2.45, 2.75) is 38.6 Å². The molecule has 23 heavy (non-hydrogen) atoms. The summed E-state index contributed by atoms with van der Waals surface area (Å²) in [4.78, 5) is 0. The fraction of sp³-hybridized carbons (Fsp3) is 0.500. The zero-order valence-corrected chi connectivity index (χ0v) is 15.2. The van der Waals surface area contributed by atoms with E-state index in [1.165, 1.54) is 19.3 Å². The Morgan fingerprint density at radius 2 is 1.70 bits per heavy atom. The van der Waals surface area contributed by atoms with E-state index in [1.807, 2.05) is 24.3 Å². The molecule has 1 aromatic rings. The number of thiocarbonyl (C=S) groups is 2. The van der Waals surface area contributed by atoms with Crippen LogP contribution in [0, 0.1) is 5.92 Å². The lowest BCUT2D eigenvalue weighted by atomic mass is 9.86. The molecule has 1 aliphatic carbocycles. The summed E-state index contributed by atoms with van der Waals surface area (Å²) in [6.07, 6.45) is 4.99. The van der Waals surface area contributed by atoms with E-state index in [-0.39, 0.29) is 0 Å². The molecule has 0 heterocycles. The molecule has 7 heteroatoms. The number of anilines is 1. The van der Waals surface area contributed by atoms with Gasteiger partial charge in [0.15, 0.2) is 10.2 Å². The fourth-order valence-electron chi connectivity index (χ4n) is 2.69. The summed E-state index contributed by atoms with van der Waals surface area (Å²) >= 11 is 10.6. The number of ether oxygens (including phenoxy) is 1. The third-order valence-electron chi connectivity index (χ3n) is 4.07. The molecule has 0 aromatic heterocycles. The van der Waals surface area contributed by atoms with Crippen molar-refractivity contribution in [3.05, 3.63) is 24.3 Å². The van der Waals surface area contributed by atoms with Gasteiger partial charge in [0.2, 0.25) is 0 Å². The number of hydrazine groups is 1. The molecule has 0 aliphatic heterocycles. The van der Waals surface area contributed by atoms with Crippen LogP contribution >= 0.6 is 24.4 Å². The SMILES string of the molecule is COc1ccc(NC(=S)NNC(=S)N[C@@H]2CCCC[C@H]2C)cc1. The molecule has 0 amide bonds. The number of rotatable bonds is 3. The molecule has 2 rings (SSSR count). The highest BCUT2D eigenvalue weighted by Gasteiger charge is 2.21. The molecule has 0 radical (unpaired) electrons. The largest absolute Gasteiger partial charge is 0.497 e. The van der Waals surface area contributed by atoms with Crippen LogP contribution in [-0.4, -0.2) is 23.4 Å². The lowest BCUT2D eigenvalue weighted by Crippen LogP contribution is -2.52. The lowest BCUT2D eigenvalue weighted by Gasteiger charge is -2.30. The summed E-state index contributed by atoms with van der Waals surface area (Å²) in [5, 5.41) is 7.46. The summed E-state index contributed by atoms with van der Waals surface area (Å²) in [5.74, 6) is 1.45. The van der Waals surface area contributed by atoms with Gasteiger partial charge in [-0.15, -0.1) is 0 Å².